The number of halogens is 1. The lowest BCUT2D eigenvalue weighted by molar-refractivity contribution is -0.384. The normalized spacial score (nSPS) is 10.9. The molecule has 0 atom stereocenters. The second kappa shape index (κ2) is 4.99. The van der Waals surface area contributed by atoms with Gasteiger partial charge in [0.15, 0.2) is 0 Å². The molecule has 7 heteroatoms. The summed E-state index contributed by atoms with van der Waals surface area (Å²) < 4.78 is 17.9. The molecule has 0 saturated carbocycles. The lowest BCUT2D eigenvalue weighted by Gasteiger charge is -2.19. The van der Waals surface area contributed by atoms with Crippen molar-refractivity contribution in [2.45, 2.75) is 26.4 Å². The van der Waals surface area contributed by atoms with Gasteiger partial charge < -0.3 is 4.74 Å². The second-order valence-corrected chi connectivity index (χ2v) is 4.55. The Morgan fingerprint density at radius 1 is 1.44 bits per heavy atom. The highest BCUT2D eigenvalue weighted by atomic mass is 19.1. The Kier molecular flexibility index (Phi) is 3.85. The SMILES string of the molecule is CC(C)(C)OC(=O)Nc1cc(F)ccc1[N+](=O)[O-]. The van der Waals surface area contributed by atoms with Gasteiger partial charge in [-0.3, -0.25) is 15.4 Å². The molecule has 6 nitrogen and oxygen atoms in total. The predicted octanol–water partition coefficient (Wildman–Crippen LogP) is 3.08. The Morgan fingerprint density at radius 3 is 2.56 bits per heavy atom. The van der Waals surface area contributed by atoms with Crippen LogP contribution in [0, 0.1) is 15.9 Å². The molecule has 0 aliphatic rings. The molecule has 1 rings (SSSR count). The molecule has 0 radical (unpaired) electrons. The molecule has 18 heavy (non-hydrogen) atoms. The molecule has 0 unspecified atom stereocenters. The lowest BCUT2D eigenvalue weighted by atomic mass is 10.2. The van der Waals surface area contributed by atoms with E-state index in [9.17, 15) is 19.3 Å². The Hall–Kier alpha value is -2.18. The first kappa shape index (κ1) is 13.9. The maximum Gasteiger partial charge on any atom is 0.412 e. The maximum atomic E-state index is 13.0. The van der Waals surface area contributed by atoms with Gasteiger partial charge in [-0.2, -0.15) is 0 Å². The van der Waals surface area contributed by atoms with E-state index in [4.69, 9.17) is 4.74 Å². The number of ether oxygens (including phenoxy) is 1. The minimum atomic E-state index is -0.879. The van der Waals surface area contributed by atoms with Crippen LogP contribution < -0.4 is 5.32 Å². The number of rotatable bonds is 2. The smallest absolute Gasteiger partial charge is 0.412 e. The number of carbonyl (C=O) groups is 1. The summed E-state index contributed by atoms with van der Waals surface area (Å²) in [5.74, 6) is -0.688. The lowest BCUT2D eigenvalue weighted by Crippen LogP contribution is -2.27. The predicted molar refractivity (Wildman–Crippen MR) is 62.9 cm³/mol. The number of nitro benzene ring substituents is 1. The van der Waals surface area contributed by atoms with Crippen LogP contribution in [0.3, 0.4) is 0 Å². The van der Waals surface area contributed by atoms with Crippen LogP contribution >= 0.6 is 0 Å². The van der Waals surface area contributed by atoms with E-state index in [2.05, 4.69) is 5.32 Å². The molecule has 1 aromatic carbocycles. The van der Waals surface area contributed by atoms with Gasteiger partial charge in [0, 0.05) is 12.1 Å². The highest BCUT2D eigenvalue weighted by Gasteiger charge is 2.20. The van der Waals surface area contributed by atoms with Gasteiger partial charge in [0.25, 0.3) is 5.69 Å². The van der Waals surface area contributed by atoms with Crippen molar-refractivity contribution in [2.75, 3.05) is 5.32 Å². The molecule has 98 valence electrons. The van der Waals surface area contributed by atoms with E-state index in [0.717, 1.165) is 18.2 Å². The number of benzene rings is 1. The fraction of sp³-hybridized carbons (Fsp3) is 0.364. The molecular formula is C11H13FN2O4. The van der Waals surface area contributed by atoms with Gasteiger partial charge in [0.2, 0.25) is 0 Å². The van der Waals surface area contributed by atoms with Crippen LogP contribution in [0.15, 0.2) is 18.2 Å². The third kappa shape index (κ3) is 4.00. The van der Waals surface area contributed by atoms with Crippen molar-refractivity contribution >= 4 is 17.5 Å². The van der Waals surface area contributed by atoms with Gasteiger partial charge in [-0.15, -0.1) is 0 Å². The zero-order valence-corrected chi connectivity index (χ0v) is 10.2. The molecule has 0 heterocycles. The quantitative estimate of drug-likeness (QED) is 0.651. The Balaban J connectivity index is 2.93. The fourth-order valence-corrected chi connectivity index (χ4v) is 1.18. The van der Waals surface area contributed by atoms with Crippen LogP contribution in [-0.2, 0) is 4.74 Å². The minimum Gasteiger partial charge on any atom is -0.444 e. The summed E-state index contributed by atoms with van der Waals surface area (Å²) in [6.45, 7) is 4.94. The molecule has 1 aromatic rings. The molecule has 0 aromatic heterocycles. The van der Waals surface area contributed by atoms with E-state index in [1.807, 2.05) is 0 Å². The topological polar surface area (TPSA) is 81.5 Å². The summed E-state index contributed by atoms with van der Waals surface area (Å²) in [6, 6.07) is 2.78. The zero-order valence-electron chi connectivity index (χ0n) is 10.2. The van der Waals surface area contributed by atoms with E-state index >= 15 is 0 Å². The molecule has 1 N–H and O–H groups in total. The van der Waals surface area contributed by atoms with E-state index in [1.165, 1.54) is 0 Å². The number of nitro groups is 1. The first-order valence-corrected chi connectivity index (χ1v) is 5.13. The number of anilines is 1. The number of nitrogens with one attached hydrogen (secondary N) is 1. The number of amides is 1. The van der Waals surface area contributed by atoms with Crippen LogP contribution in [0.5, 0.6) is 0 Å². The van der Waals surface area contributed by atoms with Gasteiger partial charge in [-0.05, 0) is 26.8 Å². The molecule has 0 saturated heterocycles. The Bertz CT molecular complexity index is 482. The number of carbonyl (C=O) groups excluding carboxylic acids is 1. The number of hydrogen-bond donors (Lipinski definition) is 1. The molecule has 0 spiro atoms. The zero-order chi connectivity index (χ0) is 13.9. The summed E-state index contributed by atoms with van der Waals surface area (Å²) in [7, 11) is 0. The van der Waals surface area contributed by atoms with Gasteiger partial charge in [-0.1, -0.05) is 0 Å². The second-order valence-electron chi connectivity index (χ2n) is 4.55. The summed E-state index contributed by atoms with van der Waals surface area (Å²) in [6.07, 6.45) is -0.879. The van der Waals surface area contributed by atoms with Crippen LogP contribution in [0.25, 0.3) is 0 Å². The highest BCUT2D eigenvalue weighted by molar-refractivity contribution is 5.88. The first-order valence-electron chi connectivity index (χ1n) is 5.13. The van der Waals surface area contributed by atoms with Crippen molar-refractivity contribution in [3.05, 3.63) is 34.1 Å². The monoisotopic (exact) mass is 256 g/mol. The first-order chi connectivity index (χ1) is 8.19. The molecule has 1 amide bonds. The maximum absolute atomic E-state index is 13.0. The fourth-order valence-electron chi connectivity index (χ4n) is 1.18. The van der Waals surface area contributed by atoms with Crippen molar-refractivity contribution < 1.29 is 18.8 Å². The van der Waals surface area contributed by atoms with Gasteiger partial charge in [0.05, 0.1) is 4.92 Å². The van der Waals surface area contributed by atoms with Crippen molar-refractivity contribution in [3.8, 4) is 0 Å². The molecule has 0 aliphatic carbocycles. The third-order valence-electron chi connectivity index (χ3n) is 1.79. The number of hydrogen-bond acceptors (Lipinski definition) is 4. The molecule has 0 fully saturated rings. The Morgan fingerprint density at radius 2 is 2.06 bits per heavy atom. The van der Waals surface area contributed by atoms with E-state index < -0.39 is 28.1 Å². The summed E-state index contributed by atoms with van der Waals surface area (Å²) in [5, 5.41) is 12.8. The van der Waals surface area contributed by atoms with Crippen molar-refractivity contribution in [2.24, 2.45) is 0 Å². The third-order valence-corrected chi connectivity index (χ3v) is 1.79. The van der Waals surface area contributed by atoms with Crippen LogP contribution in [0.4, 0.5) is 20.6 Å². The van der Waals surface area contributed by atoms with Gasteiger partial charge >= 0.3 is 6.09 Å². The highest BCUT2D eigenvalue weighted by Crippen LogP contribution is 2.25. The molecule has 0 bridgehead atoms. The van der Waals surface area contributed by atoms with Crippen LogP contribution in [-0.4, -0.2) is 16.6 Å². The van der Waals surface area contributed by atoms with Gasteiger partial charge in [-0.25, -0.2) is 9.18 Å². The van der Waals surface area contributed by atoms with E-state index in [1.54, 1.807) is 20.8 Å². The Labute approximate surface area is 103 Å². The van der Waals surface area contributed by atoms with Crippen molar-refractivity contribution in [1.82, 2.24) is 0 Å². The van der Waals surface area contributed by atoms with Crippen LogP contribution in [0.2, 0.25) is 0 Å². The summed E-state index contributed by atoms with van der Waals surface area (Å²) in [4.78, 5) is 21.4. The minimum absolute atomic E-state index is 0.241. The summed E-state index contributed by atoms with van der Waals surface area (Å²) in [5.41, 5.74) is -1.39. The largest absolute Gasteiger partial charge is 0.444 e. The molecule has 0 aliphatic heterocycles. The van der Waals surface area contributed by atoms with Gasteiger partial charge in [0.1, 0.15) is 17.1 Å². The average molecular weight is 256 g/mol. The average Bonchev–Trinajstić information content (AvgIpc) is 2.13. The van der Waals surface area contributed by atoms with Crippen LogP contribution in [0.1, 0.15) is 20.8 Å². The van der Waals surface area contributed by atoms with Crippen molar-refractivity contribution in [3.63, 3.8) is 0 Å². The van der Waals surface area contributed by atoms with E-state index in [-0.39, 0.29) is 5.69 Å². The summed E-state index contributed by atoms with van der Waals surface area (Å²) >= 11 is 0. The standard InChI is InChI=1S/C11H13FN2O4/c1-11(2,3)18-10(15)13-8-6-7(12)4-5-9(8)14(16)17/h4-6H,1-3H3,(H,13,15). The van der Waals surface area contributed by atoms with E-state index in [0.29, 0.717) is 0 Å². The van der Waals surface area contributed by atoms with Crippen molar-refractivity contribution in [1.29, 1.82) is 0 Å². The number of nitrogens with zero attached hydrogens (tertiary/aromatic N) is 1. The molecular weight excluding hydrogens is 243 g/mol.